The zero-order chi connectivity index (χ0) is 23.6. The SMILES string of the molecule is CCOc1cc(C2C3=CCC4C(=O)N(C)C(=O)C4C3CC3=C2C(=O)C=C(C)C3=O)ccc1O. The van der Waals surface area contributed by atoms with Crippen LogP contribution in [0.15, 0.2) is 52.6 Å². The van der Waals surface area contributed by atoms with Crippen LogP contribution < -0.4 is 4.74 Å². The molecule has 7 nitrogen and oxygen atoms in total. The Bertz CT molecular complexity index is 1220. The van der Waals surface area contributed by atoms with Crippen LogP contribution in [0.3, 0.4) is 0 Å². The fourth-order valence-electron chi connectivity index (χ4n) is 5.90. The van der Waals surface area contributed by atoms with E-state index < -0.39 is 17.8 Å². The van der Waals surface area contributed by atoms with Crippen molar-refractivity contribution >= 4 is 23.4 Å². The van der Waals surface area contributed by atoms with Gasteiger partial charge in [0.05, 0.1) is 18.4 Å². The second kappa shape index (κ2) is 7.54. The Kier molecular flexibility index (Phi) is 4.88. The van der Waals surface area contributed by atoms with E-state index in [1.165, 1.54) is 24.1 Å². The minimum atomic E-state index is -0.547. The molecule has 1 aromatic rings. The second-order valence-corrected chi connectivity index (χ2v) is 9.12. The predicted octanol–water partition coefficient (Wildman–Crippen LogP) is 2.85. The number of phenols is 1. The second-order valence-electron chi connectivity index (χ2n) is 9.12. The van der Waals surface area contributed by atoms with Crippen molar-refractivity contribution in [1.29, 1.82) is 0 Å². The molecular weight excluding hydrogens is 422 g/mol. The standard InChI is InChI=1S/C26H25NO6/c1-4-33-20-10-13(5-8-18(20)28)21-14-6-7-15-22(26(32)27(3)25(15)31)16(14)11-17-23(21)19(29)9-12(2)24(17)30/h5-6,8-10,15-16,21-22,28H,4,7,11H2,1-3H3. The smallest absolute Gasteiger partial charge is 0.233 e. The molecule has 4 atom stereocenters. The average molecular weight is 447 g/mol. The first-order valence-corrected chi connectivity index (χ1v) is 11.2. The monoisotopic (exact) mass is 447 g/mol. The summed E-state index contributed by atoms with van der Waals surface area (Å²) in [6.45, 7) is 3.79. The van der Waals surface area contributed by atoms with Crippen LogP contribution in [0.25, 0.3) is 0 Å². The van der Waals surface area contributed by atoms with Gasteiger partial charge in [0.15, 0.2) is 23.1 Å². The summed E-state index contributed by atoms with van der Waals surface area (Å²) in [5.41, 5.74) is 2.81. The first kappa shape index (κ1) is 21.4. The van der Waals surface area contributed by atoms with Crippen LogP contribution >= 0.6 is 0 Å². The molecule has 1 heterocycles. The Morgan fingerprint density at radius 2 is 1.88 bits per heavy atom. The lowest BCUT2D eigenvalue weighted by Gasteiger charge is -2.42. The zero-order valence-corrected chi connectivity index (χ0v) is 18.8. The summed E-state index contributed by atoms with van der Waals surface area (Å²) in [5, 5.41) is 10.2. The summed E-state index contributed by atoms with van der Waals surface area (Å²) in [5.74, 6) is -2.43. The lowest BCUT2D eigenvalue weighted by atomic mass is 9.59. The molecule has 2 amide bonds. The van der Waals surface area contributed by atoms with Gasteiger partial charge in [-0.1, -0.05) is 17.7 Å². The fraction of sp³-hybridized carbons (Fsp3) is 0.385. The van der Waals surface area contributed by atoms with Crippen LogP contribution in [0.5, 0.6) is 11.5 Å². The topological polar surface area (TPSA) is 101 Å². The van der Waals surface area contributed by atoms with Gasteiger partial charge in [-0.15, -0.1) is 0 Å². The van der Waals surface area contributed by atoms with Gasteiger partial charge in [0.25, 0.3) is 0 Å². The van der Waals surface area contributed by atoms with Crippen LogP contribution in [-0.4, -0.2) is 47.0 Å². The maximum atomic E-state index is 13.2. The Hall–Kier alpha value is -3.48. The molecule has 0 radical (unpaired) electrons. The van der Waals surface area contributed by atoms with E-state index in [0.29, 0.717) is 41.1 Å². The highest BCUT2D eigenvalue weighted by Crippen LogP contribution is 2.55. The molecule has 1 fully saturated rings. The van der Waals surface area contributed by atoms with Gasteiger partial charge < -0.3 is 9.84 Å². The highest BCUT2D eigenvalue weighted by molar-refractivity contribution is 6.23. The normalized spacial score (nSPS) is 28.9. The summed E-state index contributed by atoms with van der Waals surface area (Å²) < 4.78 is 5.56. The number of ether oxygens (including phenoxy) is 1. The summed E-state index contributed by atoms with van der Waals surface area (Å²) in [6, 6.07) is 4.93. The van der Waals surface area contributed by atoms with Crippen LogP contribution in [0.2, 0.25) is 0 Å². The van der Waals surface area contributed by atoms with E-state index in [2.05, 4.69) is 0 Å². The lowest BCUT2D eigenvalue weighted by molar-refractivity contribution is -0.138. The molecule has 1 aliphatic heterocycles. The number of allylic oxidation sites excluding steroid dienone is 6. The molecule has 0 spiro atoms. The number of aromatic hydroxyl groups is 1. The number of phenolic OH excluding ortho intramolecular Hbond substituents is 1. The maximum absolute atomic E-state index is 13.2. The third-order valence-electron chi connectivity index (χ3n) is 7.40. The molecule has 1 N–H and O–H groups in total. The summed E-state index contributed by atoms with van der Waals surface area (Å²) in [6.07, 6.45) is 4.03. The largest absolute Gasteiger partial charge is 0.504 e. The van der Waals surface area contributed by atoms with Gasteiger partial charge in [-0.05, 0) is 56.4 Å². The number of fused-ring (bicyclic) bond motifs is 3. The van der Waals surface area contributed by atoms with Gasteiger partial charge in [-0.25, -0.2) is 0 Å². The fourth-order valence-corrected chi connectivity index (χ4v) is 5.90. The maximum Gasteiger partial charge on any atom is 0.233 e. The summed E-state index contributed by atoms with van der Waals surface area (Å²) in [4.78, 5) is 53.3. The third kappa shape index (κ3) is 3.02. The van der Waals surface area contributed by atoms with Crippen LogP contribution in [0.4, 0.5) is 0 Å². The minimum Gasteiger partial charge on any atom is -0.504 e. The number of nitrogens with zero attached hydrogens (tertiary/aromatic N) is 1. The Labute approximate surface area is 191 Å². The number of rotatable bonds is 3. The van der Waals surface area contributed by atoms with E-state index >= 15 is 0 Å². The molecule has 4 unspecified atom stereocenters. The molecule has 5 rings (SSSR count). The molecule has 33 heavy (non-hydrogen) atoms. The van der Waals surface area contributed by atoms with Gasteiger partial charge in [-0.3, -0.25) is 24.1 Å². The van der Waals surface area contributed by atoms with E-state index in [1.807, 2.05) is 13.0 Å². The van der Waals surface area contributed by atoms with Crippen molar-refractivity contribution in [3.8, 4) is 11.5 Å². The molecule has 0 bridgehead atoms. The number of carbonyl (C=O) groups excluding carboxylic acids is 4. The van der Waals surface area contributed by atoms with Gasteiger partial charge in [0.2, 0.25) is 11.8 Å². The van der Waals surface area contributed by atoms with Crippen LogP contribution in [-0.2, 0) is 19.2 Å². The third-order valence-corrected chi connectivity index (χ3v) is 7.40. The van der Waals surface area contributed by atoms with Gasteiger partial charge in [-0.2, -0.15) is 0 Å². The van der Waals surface area contributed by atoms with Crippen molar-refractivity contribution in [3.05, 3.63) is 58.2 Å². The average Bonchev–Trinajstić information content (AvgIpc) is 3.02. The van der Waals surface area contributed by atoms with Crippen LogP contribution in [0.1, 0.15) is 38.2 Å². The number of hydrogen-bond acceptors (Lipinski definition) is 6. The quantitative estimate of drug-likeness (QED) is 0.434. The van der Waals surface area contributed by atoms with Gasteiger partial charge in [0.1, 0.15) is 0 Å². The molecular formula is C26H25NO6. The number of imide groups is 1. The van der Waals surface area contributed by atoms with Crippen molar-refractivity contribution < 1.29 is 29.0 Å². The molecule has 3 aliphatic carbocycles. The number of ketones is 2. The molecule has 4 aliphatic rings. The van der Waals surface area contributed by atoms with Crippen molar-refractivity contribution in [1.82, 2.24) is 4.90 Å². The molecule has 7 heteroatoms. The lowest BCUT2D eigenvalue weighted by Crippen LogP contribution is -2.39. The predicted molar refractivity (Wildman–Crippen MR) is 118 cm³/mol. The zero-order valence-electron chi connectivity index (χ0n) is 18.8. The van der Waals surface area contributed by atoms with E-state index in [4.69, 9.17) is 4.74 Å². The molecule has 1 saturated heterocycles. The van der Waals surface area contributed by atoms with Crippen molar-refractivity contribution in [2.75, 3.05) is 13.7 Å². The van der Waals surface area contributed by atoms with Crippen molar-refractivity contribution in [3.63, 3.8) is 0 Å². The van der Waals surface area contributed by atoms with E-state index in [-0.39, 0.29) is 41.5 Å². The van der Waals surface area contributed by atoms with Crippen molar-refractivity contribution in [2.45, 2.75) is 32.6 Å². The first-order chi connectivity index (χ1) is 15.7. The molecule has 170 valence electrons. The van der Waals surface area contributed by atoms with Gasteiger partial charge in [0, 0.05) is 29.7 Å². The molecule has 0 saturated carbocycles. The highest BCUT2D eigenvalue weighted by Gasteiger charge is 2.55. The van der Waals surface area contributed by atoms with Gasteiger partial charge >= 0.3 is 0 Å². The van der Waals surface area contributed by atoms with E-state index in [1.54, 1.807) is 19.1 Å². The number of amides is 2. The van der Waals surface area contributed by atoms with E-state index in [0.717, 1.165) is 5.57 Å². The summed E-state index contributed by atoms with van der Waals surface area (Å²) >= 11 is 0. The minimum absolute atomic E-state index is 0.0140. The number of carbonyl (C=O) groups is 4. The number of hydrogen-bond donors (Lipinski definition) is 1. The Balaban J connectivity index is 1.71. The molecule has 1 aromatic carbocycles. The number of Topliss-reactive ketones (excluding diaryl/α,β-unsaturated/α-hetero) is 1. The Morgan fingerprint density at radius 1 is 1.12 bits per heavy atom. The number of benzene rings is 1. The van der Waals surface area contributed by atoms with Crippen molar-refractivity contribution in [2.24, 2.45) is 17.8 Å². The molecule has 0 aromatic heterocycles. The van der Waals surface area contributed by atoms with E-state index in [9.17, 15) is 24.3 Å². The Morgan fingerprint density at radius 3 is 2.61 bits per heavy atom. The first-order valence-electron chi connectivity index (χ1n) is 11.2. The summed E-state index contributed by atoms with van der Waals surface area (Å²) in [7, 11) is 1.50. The highest BCUT2D eigenvalue weighted by atomic mass is 16.5. The van der Waals surface area contributed by atoms with Crippen LogP contribution in [0, 0.1) is 17.8 Å². The number of likely N-dealkylation sites (tertiary alicyclic amines) is 1.